The molecule has 0 saturated carbocycles. The predicted molar refractivity (Wildman–Crippen MR) is 112 cm³/mol. The van der Waals surface area contributed by atoms with Crippen molar-refractivity contribution in [1.29, 1.82) is 0 Å². The fourth-order valence-electron chi connectivity index (χ4n) is 3.62. The quantitative estimate of drug-likeness (QED) is 0.396. The Morgan fingerprint density at radius 3 is 2.35 bits per heavy atom. The van der Waals surface area contributed by atoms with Gasteiger partial charge in [-0.15, -0.1) is 0 Å². The molecule has 1 atom stereocenters. The maximum absolute atomic E-state index is 4.87. The van der Waals surface area contributed by atoms with E-state index in [2.05, 4.69) is 93.6 Å². The van der Waals surface area contributed by atoms with E-state index in [0.29, 0.717) is 11.8 Å². The number of nitrogens with zero attached hydrogens (tertiary/aromatic N) is 1. The summed E-state index contributed by atoms with van der Waals surface area (Å²) in [4.78, 5) is 4.87. The zero-order valence-electron chi connectivity index (χ0n) is 15.7. The molecule has 0 aliphatic rings. The van der Waals surface area contributed by atoms with Crippen LogP contribution in [0.2, 0.25) is 0 Å². The second-order valence-corrected chi connectivity index (χ2v) is 7.63. The van der Waals surface area contributed by atoms with Gasteiger partial charge in [0.2, 0.25) is 0 Å². The van der Waals surface area contributed by atoms with Crippen LogP contribution in [0.3, 0.4) is 0 Å². The van der Waals surface area contributed by atoms with Crippen molar-refractivity contribution in [1.82, 2.24) is 4.98 Å². The van der Waals surface area contributed by atoms with Crippen LogP contribution in [0.1, 0.15) is 49.4 Å². The number of aromatic nitrogens is 1. The van der Waals surface area contributed by atoms with Crippen molar-refractivity contribution >= 4 is 21.7 Å². The molecule has 0 radical (unpaired) electrons. The van der Waals surface area contributed by atoms with Gasteiger partial charge in [-0.2, -0.15) is 0 Å². The minimum Gasteiger partial charge on any atom is -0.253 e. The topological polar surface area (TPSA) is 12.9 Å². The van der Waals surface area contributed by atoms with Crippen LogP contribution in [0.25, 0.3) is 21.7 Å². The fourth-order valence-corrected chi connectivity index (χ4v) is 3.62. The van der Waals surface area contributed by atoms with Gasteiger partial charge in [-0.1, -0.05) is 81.4 Å². The maximum Gasteiger partial charge on any atom is 0.0705 e. The first-order chi connectivity index (χ1) is 12.6. The summed E-state index contributed by atoms with van der Waals surface area (Å²) in [5.41, 5.74) is 5.02. The summed E-state index contributed by atoms with van der Waals surface area (Å²) in [6.07, 6.45) is 1.01. The van der Waals surface area contributed by atoms with E-state index in [1.807, 2.05) is 0 Å². The molecule has 0 aliphatic heterocycles. The lowest BCUT2D eigenvalue weighted by molar-refractivity contribution is 0.736. The molecule has 0 saturated heterocycles. The van der Waals surface area contributed by atoms with Crippen LogP contribution in [0, 0.1) is 0 Å². The van der Waals surface area contributed by atoms with Gasteiger partial charge >= 0.3 is 0 Å². The average Bonchev–Trinajstić information content (AvgIpc) is 2.67. The maximum atomic E-state index is 4.87. The van der Waals surface area contributed by atoms with Crippen molar-refractivity contribution in [2.24, 2.45) is 0 Å². The van der Waals surface area contributed by atoms with Gasteiger partial charge in [0.05, 0.1) is 5.52 Å². The number of para-hydroxylation sites is 1. The second-order valence-electron chi connectivity index (χ2n) is 7.63. The molecule has 0 fully saturated rings. The van der Waals surface area contributed by atoms with E-state index in [0.717, 1.165) is 11.9 Å². The number of fused-ring (bicyclic) bond motifs is 2. The van der Waals surface area contributed by atoms with Gasteiger partial charge in [0.25, 0.3) is 0 Å². The van der Waals surface area contributed by atoms with Gasteiger partial charge in [-0.3, -0.25) is 4.98 Å². The Bertz CT molecular complexity index is 1060. The highest BCUT2D eigenvalue weighted by molar-refractivity contribution is 5.84. The number of rotatable bonds is 4. The first-order valence-electron chi connectivity index (χ1n) is 9.48. The van der Waals surface area contributed by atoms with Gasteiger partial charge in [-0.25, -0.2) is 0 Å². The predicted octanol–water partition coefficient (Wildman–Crippen LogP) is 6.86. The Kier molecular flexibility index (Phi) is 4.46. The van der Waals surface area contributed by atoms with E-state index in [9.17, 15) is 0 Å². The molecule has 1 heterocycles. The lowest BCUT2D eigenvalue weighted by Crippen LogP contribution is -2.01. The zero-order valence-corrected chi connectivity index (χ0v) is 15.7. The van der Waals surface area contributed by atoms with Gasteiger partial charge in [-0.05, 0) is 46.4 Å². The molecule has 0 bridgehead atoms. The van der Waals surface area contributed by atoms with Crippen LogP contribution >= 0.6 is 0 Å². The third-order valence-corrected chi connectivity index (χ3v) is 5.26. The number of hydrogen-bond donors (Lipinski definition) is 0. The largest absolute Gasteiger partial charge is 0.253 e. The molecule has 0 N–H and O–H groups in total. The SMILES string of the molecule is CC(C)c1ccc2ccc(CC(C)c3ccc4ccccc4n3)cc2c1. The standard InChI is InChI=1S/C25H25N/c1-17(2)22-11-10-20-9-8-19(15-23(20)16-22)14-18(3)24-13-12-21-6-4-5-7-25(21)26-24/h4-13,15-18H,14H2,1-3H3. The van der Waals surface area contributed by atoms with Crippen molar-refractivity contribution in [2.75, 3.05) is 0 Å². The van der Waals surface area contributed by atoms with E-state index in [1.54, 1.807) is 0 Å². The van der Waals surface area contributed by atoms with Crippen molar-refractivity contribution in [3.63, 3.8) is 0 Å². The normalized spacial score (nSPS) is 12.8. The molecule has 4 rings (SSSR count). The van der Waals surface area contributed by atoms with Gasteiger partial charge in [0.15, 0.2) is 0 Å². The summed E-state index contributed by atoms with van der Waals surface area (Å²) < 4.78 is 0. The Morgan fingerprint density at radius 2 is 1.50 bits per heavy atom. The van der Waals surface area contributed by atoms with Crippen molar-refractivity contribution < 1.29 is 0 Å². The lowest BCUT2D eigenvalue weighted by Gasteiger charge is -2.13. The molecule has 3 aromatic carbocycles. The van der Waals surface area contributed by atoms with Crippen molar-refractivity contribution in [3.8, 4) is 0 Å². The zero-order chi connectivity index (χ0) is 18.1. The molecule has 1 nitrogen and oxygen atoms in total. The monoisotopic (exact) mass is 339 g/mol. The van der Waals surface area contributed by atoms with Crippen LogP contribution in [0.15, 0.2) is 72.8 Å². The molecule has 0 aliphatic carbocycles. The van der Waals surface area contributed by atoms with Crippen LogP contribution in [0.5, 0.6) is 0 Å². The highest BCUT2D eigenvalue weighted by atomic mass is 14.7. The summed E-state index contributed by atoms with van der Waals surface area (Å²) in [7, 11) is 0. The van der Waals surface area contributed by atoms with Crippen LogP contribution in [0.4, 0.5) is 0 Å². The van der Waals surface area contributed by atoms with E-state index >= 15 is 0 Å². The third kappa shape index (κ3) is 3.35. The molecular weight excluding hydrogens is 314 g/mol. The fraction of sp³-hybridized carbons (Fsp3) is 0.240. The van der Waals surface area contributed by atoms with Crippen molar-refractivity contribution in [2.45, 2.75) is 39.0 Å². The summed E-state index contributed by atoms with van der Waals surface area (Å²) >= 11 is 0. The molecule has 0 amide bonds. The highest BCUT2D eigenvalue weighted by Gasteiger charge is 2.10. The first-order valence-corrected chi connectivity index (χ1v) is 9.48. The summed E-state index contributed by atoms with van der Waals surface area (Å²) in [6, 6.07) is 26.4. The Balaban J connectivity index is 1.62. The second kappa shape index (κ2) is 6.92. The number of hydrogen-bond acceptors (Lipinski definition) is 1. The van der Waals surface area contributed by atoms with E-state index in [1.165, 1.54) is 33.0 Å². The van der Waals surface area contributed by atoms with Gasteiger partial charge < -0.3 is 0 Å². The number of benzene rings is 3. The van der Waals surface area contributed by atoms with Crippen LogP contribution in [-0.2, 0) is 6.42 Å². The van der Waals surface area contributed by atoms with Gasteiger partial charge in [0, 0.05) is 17.0 Å². The molecule has 130 valence electrons. The minimum atomic E-state index is 0.394. The van der Waals surface area contributed by atoms with Crippen molar-refractivity contribution in [3.05, 3.63) is 89.6 Å². The molecule has 4 aromatic rings. The summed E-state index contributed by atoms with van der Waals surface area (Å²) in [5.74, 6) is 0.953. The lowest BCUT2D eigenvalue weighted by atomic mass is 9.94. The molecular formula is C25H25N. The molecule has 26 heavy (non-hydrogen) atoms. The van der Waals surface area contributed by atoms with E-state index < -0.39 is 0 Å². The number of pyridine rings is 1. The molecule has 1 unspecified atom stereocenters. The van der Waals surface area contributed by atoms with E-state index in [-0.39, 0.29) is 0 Å². The Labute approximate surface area is 155 Å². The third-order valence-electron chi connectivity index (χ3n) is 5.26. The highest BCUT2D eigenvalue weighted by Crippen LogP contribution is 2.26. The average molecular weight is 339 g/mol. The first kappa shape index (κ1) is 16.8. The van der Waals surface area contributed by atoms with Gasteiger partial charge in [0.1, 0.15) is 0 Å². The Morgan fingerprint density at radius 1 is 0.731 bits per heavy atom. The Hall–Kier alpha value is -2.67. The summed E-state index contributed by atoms with van der Waals surface area (Å²) in [5, 5.41) is 3.86. The smallest absolute Gasteiger partial charge is 0.0705 e. The minimum absolute atomic E-state index is 0.394. The van der Waals surface area contributed by atoms with Crippen LogP contribution < -0.4 is 0 Å². The van der Waals surface area contributed by atoms with E-state index in [4.69, 9.17) is 4.98 Å². The summed E-state index contributed by atoms with van der Waals surface area (Å²) in [6.45, 7) is 6.77. The molecule has 0 spiro atoms. The molecule has 1 heteroatoms. The molecule has 1 aromatic heterocycles. The van der Waals surface area contributed by atoms with Crippen LogP contribution in [-0.4, -0.2) is 4.98 Å².